The summed E-state index contributed by atoms with van der Waals surface area (Å²) in [7, 11) is 0. The van der Waals surface area contributed by atoms with Gasteiger partial charge in [0.2, 0.25) is 0 Å². The van der Waals surface area contributed by atoms with Crippen molar-refractivity contribution in [1.82, 2.24) is 0 Å². The fraction of sp³-hybridized carbons (Fsp3) is 0.0714. The molecular formula is C14H8Cl3F3N2S. The molecule has 0 aliphatic rings. The molecule has 2 aromatic rings. The van der Waals surface area contributed by atoms with E-state index in [9.17, 15) is 13.2 Å². The molecule has 23 heavy (non-hydrogen) atoms. The van der Waals surface area contributed by atoms with E-state index >= 15 is 0 Å². The molecule has 0 fully saturated rings. The monoisotopic (exact) mass is 398 g/mol. The number of thiocarbonyl (C=S) groups is 1. The van der Waals surface area contributed by atoms with Gasteiger partial charge >= 0.3 is 6.18 Å². The van der Waals surface area contributed by atoms with Gasteiger partial charge in [0.15, 0.2) is 5.11 Å². The van der Waals surface area contributed by atoms with E-state index in [1.165, 1.54) is 6.07 Å². The Morgan fingerprint density at radius 3 is 2.13 bits per heavy atom. The number of halogens is 6. The highest BCUT2D eigenvalue weighted by Gasteiger charge is 2.30. The Bertz CT molecular complexity index is 751. The molecule has 122 valence electrons. The van der Waals surface area contributed by atoms with Crippen LogP contribution in [0, 0.1) is 0 Å². The van der Waals surface area contributed by atoms with Crippen LogP contribution in [0.1, 0.15) is 5.56 Å². The van der Waals surface area contributed by atoms with Gasteiger partial charge in [-0.3, -0.25) is 0 Å². The fourth-order valence-electron chi connectivity index (χ4n) is 1.65. The van der Waals surface area contributed by atoms with Crippen LogP contribution in [0.5, 0.6) is 0 Å². The van der Waals surface area contributed by atoms with E-state index in [2.05, 4.69) is 10.6 Å². The summed E-state index contributed by atoms with van der Waals surface area (Å²) in [5, 5.41) is 6.32. The normalized spacial score (nSPS) is 11.2. The molecule has 0 saturated heterocycles. The minimum Gasteiger partial charge on any atom is -0.332 e. The van der Waals surface area contributed by atoms with Crippen molar-refractivity contribution in [2.75, 3.05) is 10.6 Å². The molecule has 0 saturated carbocycles. The van der Waals surface area contributed by atoms with Gasteiger partial charge in [0.05, 0.1) is 26.3 Å². The zero-order valence-electron chi connectivity index (χ0n) is 11.1. The molecule has 0 heterocycles. The Balaban J connectivity index is 2.09. The second-order valence-corrected chi connectivity index (χ2v) is 6.03. The second kappa shape index (κ2) is 7.13. The zero-order chi connectivity index (χ0) is 17.2. The number of alkyl halides is 3. The highest BCUT2D eigenvalue weighted by molar-refractivity contribution is 7.80. The van der Waals surface area contributed by atoms with Crippen molar-refractivity contribution in [2.24, 2.45) is 0 Å². The molecule has 0 aliphatic heterocycles. The summed E-state index contributed by atoms with van der Waals surface area (Å²) in [6.07, 6.45) is -4.46. The SMILES string of the molecule is FC(F)(F)c1ccc(NC(=S)Nc2ccc(Cl)c(Cl)c2)c(Cl)c1. The van der Waals surface area contributed by atoms with Crippen LogP contribution in [-0.2, 0) is 6.18 Å². The molecule has 2 rings (SSSR count). The van der Waals surface area contributed by atoms with Crippen molar-refractivity contribution in [3.05, 3.63) is 57.0 Å². The smallest absolute Gasteiger partial charge is 0.332 e. The average Bonchev–Trinajstić information content (AvgIpc) is 2.44. The number of hydrogen-bond acceptors (Lipinski definition) is 1. The van der Waals surface area contributed by atoms with Crippen molar-refractivity contribution in [1.29, 1.82) is 0 Å². The minimum atomic E-state index is -4.46. The predicted octanol–water partition coefficient (Wildman–Crippen LogP) is 6.47. The lowest BCUT2D eigenvalue weighted by atomic mass is 10.2. The third-order valence-electron chi connectivity index (χ3n) is 2.72. The van der Waals surface area contributed by atoms with Crippen LogP contribution >= 0.6 is 47.0 Å². The van der Waals surface area contributed by atoms with Crippen LogP contribution in [0.15, 0.2) is 36.4 Å². The first-order chi connectivity index (χ1) is 10.7. The lowest BCUT2D eigenvalue weighted by molar-refractivity contribution is -0.137. The van der Waals surface area contributed by atoms with Gasteiger partial charge in [-0.1, -0.05) is 34.8 Å². The van der Waals surface area contributed by atoms with Crippen LogP contribution in [0.3, 0.4) is 0 Å². The molecule has 0 aromatic heterocycles. The number of anilines is 2. The quantitative estimate of drug-likeness (QED) is 0.566. The highest BCUT2D eigenvalue weighted by atomic mass is 35.5. The number of nitrogens with one attached hydrogen (secondary N) is 2. The molecule has 2 N–H and O–H groups in total. The van der Waals surface area contributed by atoms with E-state index in [1.807, 2.05) is 0 Å². The average molecular weight is 400 g/mol. The molecular weight excluding hydrogens is 392 g/mol. The van der Waals surface area contributed by atoms with Crippen molar-refractivity contribution in [3.63, 3.8) is 0 Å². The van der Waals surface area contributed by atoms with Crippen LogP contribution in [0.2, 0.25) is 15.1 Å². The second-order valence-electron chi connectivity index (χ2n) is 4.40. The molecule has 9 heteroatoms. The van der Waals surface area contributed by atoms with Crippen molar-refractivity contribution in [3.8, 4) is 0 Å². The van der Waals surface area contributed by atoms with Gasteiger partial charge < -0.3 is 10.6 Å². The third-order valence-corrected chi connectivity index (χ3v) is 3.98. The first-order valence-electron chi connectivity index (χ1n) is 6.06. The van der Waals surface area contributed by atoms with E-state index in [1.54, 1.807) is 18.2 Å². The Hall–Kier alpha value is -1.21. The van der Waals surface area contributed by atoms with Gasteiger partial charge in [0.1, 0.15) is 0 Å². The van der Waals surface area contributed by atoms with Crippen molar-refractivity contribution in [2.45, 2.75) is 6.18 Å². The van der Waals surface area contributed by atoms with Gasteiger partial charge in [0, 0.05) is 5.69 Å². The molecule has 0 aliphatic carbocycles. The maximum absolute atomic E-state index is 12.6. The van der Waals surface area contributed by atoms with Crippen molar-refractivity contribution >= 4 is 63.5 Å². The highest BCUT2D eigenvalue weighted by Crippen LogP contribution is 2.33. The van der Waals surface area contributed by atoms with Gasteiger partial charge in [-0.2, -0.15) is 13.2 Å². The summed E-state index contributed by atoms with van der Waals surface area (Å²) in [5.74, 6) is 0. The van der Waals surface area contributed by atoms with Crippen molar-refractivity contribution < 1.29 is 13.2 Å². The number of hydrogen-bond donors (Lipinski definition) is 2. The molecule has 0 spiro atoms. The molecule has 0 unspecified atom stereocenters. The van der Waals surface area contributed by atoms with E-state index in [4.69, 9.17) is 47.0 Å². The minimum absolute atomic E-state index is 0.0990. The molecule has 2 nitrogen and oxygen atoms in total. The summed E-state index contributed by atoms with van der Waals surface area (Å²) in [6, 6.07) is 7.73. The van der Waals surface area contributed by atoms with E-state index in [-0.39, 0.29) is 15.8 Å². The summed E-state index contributed by atoms with van der Waals surface area (Å²) in [5.41, 5.74) is -0.0198. The number of rotatable bonds is 2. The Labute approximate surface area is 150 Å². The van der Waals surface area contributed by atoms with Crippen LogP contribution < -0.4 is 10.6 Å². The Kier molecular flexibility index (Phi) is 5.62. The molecule has 0 amide bonds. The van der Waals surface area contributed by atoms with Gasteiger partial charge in [-0.05, 0) is 48.6 Å². The fourth-order valence-corrected chi connectivity index (χ4v) is 2.41. The lowest BCUT2D eigenvalue weighted by Gasteiger charge is -2.14. The standard InChI is InChI=1S/C14H8Cl3F3N2S/c15-9-3-2-8(6-10(9)16)21-13(23)22-12-4-1-7(5-11(12)17)14(18,19)20/h1-6H,(H2,21,22,23). The lowest BCUT2D eigenvalue weighted by Crippen LogP contribution is -2.19. The summed E-state index contributed by atoms with van der Waals surface area (Å²) in [4.78, 5) is 0. The topological polar surface area (TPSA) is 24.1 Å². The molecule has 0 radical (unpaired) electrons. The zero-order valence-corrected chi connectivity index (χ0v) is 14.2. The summed E-state index contributed by atoms with van der Waals surface area (Å²) in [6.45, 7) is 0. The van der Waals surface area contributed by atoms with Gasteiger partial charge in [-0.25, -0.2) is 0 Å². The van der Waals surface area contributed by atoms with Gasteiger partial charge in [-0.15, -0.1) is 0 Å². The molecule has 0 atom stereocenters. The van der Waals surface area contributed by atoms with Crippen LogP contribution in [0.4, 0.5) is 24.5 Å². The summed E-state index contributed by atoms with van der Waals surface area (Å²) >= 11 is 22.6. The predicted molar refractivity (Wildman–Crippen MR) is 92.8 cm³/mol. The third kappa shape index (κ3) is 4.88. The summed E-state index contributed by atoms with van der Waals surface area (Å²) < 4.78 is 37.7. The van der Waals surface area contributed by atoms with Gasteiger partial charge in [0.25, 0.3) is 0 Å². The Morgan fingerprint density at radius 2 is 1.57 bits per heavy atom. The first kappa shape index (κ1) is 18.1. The van der Waals surface area contributed by atoms with E-state index < -0.39 is 11.7 Å². The maximum atomic E-state index is 12.6. The van der Waals surface area contributed by atoms with E-state index in [0.29, 0.717) is 15.7 Å². The number of benzene rings is 2. The maximum Gasteiger partial charge on any atom is 0.416 e. The first-order valence-corrected chi connectivity index (χ1v) is 7.61. The molecule has 0 bridgehead atoms. The largest absolute Gasteiger partial charge is 0.416 e. The van der Waals surface area contributed by atoms with Crippen LogP contribution in [0.25, 0.3) is 0 Å². The van der Waals surface area contributed by atoms with E-state index in [0.717, 1.165) is 12.1 Å². The molecule has 2 aromatic carbocycles. The van der Waals surface area contributed by atoms with Crippen LogP contribution in [-0.4, -0.2) is 5.11 Å². The Morgan fingerprint density at radius 1 is 0.870 bits per heavy atom.